The van der Waals surface area contributed by atoms with Crippen molar-refractivity contribution < 1.29 is 42.1 Å². The van der Waals surface area contributed by atoms with Gasteiger partial charge in [-0.1, -0.05) is 5.56 Å². The van der Waals surface area contributed by atoms with E-state index >= 15 is 0 Å². The second-order valence-electron chi connectivity index (χ2n) is 1.23. The molecule has 0 aromatic carbocycles. The molecule has 0 bridgehead atoms. The van der Waals surface area contributed by atoms with Crippen molar-refractivity contribution in [3.8, 4) is 0 Å². The van der Waals surface area contributed by atoms with Gasteiger partial charge in [-0.25, -0.2) is 0 Å². The van der Waals surface area contributed by atoms with E-state index in [0.29, 0.717) is 0 Å². The van der Waals surface area contributed by atoms with Gasteiger partial charge in [0.25, 0.3) is 0 Å². The average Bonchev–Trinajstić information content (AvgIpc) is 1.86. The maximum atomic E-state index is 3.57. The quantitative estimate of drug-likeness (QED) is 0.572. The van der Waals surface area contributed by atoms with Gasteiger partial charge in [-0.15, -0.1) is 0 Å². The monoisotopic (exact) mass is 449 g/mol. The van der Waals surface area contributed by atoms with Gasteiger partial charge in [0, 0.05) is 48.3 Å². The Hall–Kier alpha value is 0.587. The van der Waals surface area contributed by atoms with Crippen molar-refractivity contribution in [3.63, 3.8) is 0 Å². The zero-order chi connectivity index (χ0) is 4.41. The fourth-order valence-electron chi connectivity index (χ4n) is 0.282. The molecule has 8 heavy (non-hydrogen) atoms. The van der Waals surface area contributed by atoms with Crippen molar-refractivity contribution in [1.82, 2.24) is 10.2 Å². The van der Waals surface area contributed by atoms with Crippen LogP contribution in [-0.4, -0.2) is 5.10 Å². The zero-order valence-electron chi connectivity index (χ0n) is 4.37. The summed E-state index contributed by atoms with van der Waals surface area (Å²) in [4.78, 5) is 0. The Morgan fingerprint density at radius 2 is 2.12 bits per heavy atom. The molecule has 4 heteroatoms. The first-order valence-corrected chi connectivity index (χ1v) is 1.79. The van der Waals surface area contributed by atoms with Crippen LogP contribution < -0.4 is 5.10 Å². The number of hydrogen-bond donors (Lipinski definition) is 0. The molecule has 44 valence electrons. The third kappa shape index (κ3) is 3.57. The molecule has 1 rings (SSSR count). The predicted octanol–water partition coefficient (Wildman–Crippen LogP) is 0.342. The third-order valence-corrected chi connectivity index (χ3v) is 0.589. The molecule has 0 aliphatic heterocycles. The maximum absolute atomic E-state index is 3.57. The molecule has 0 amide bonds. The van der Waals surface area contributed by atoms with Gasteiger partial charge in [0.15, 0.2) is 0 Å². The Labute approximate surface area is 77.0 Å². The van der Waals surface area contributed by atoms with Crippen LogP contribution >= 0.6 is 0 Å². The van der Waals surface area contributed by atoms with Crippen LogP contribution in [0, 0.1) is 6.92 Å². The van der Waals surface area contributed by atoms with Gasteiger partial charge in [-0.2, -0.15) is 6.20 Å². The van der Waals surface area contributed by atoms with E-state index in [2.05, 4.69) is 10.2 Å². The molecule has 0 atom stereocenters. The molecule has 0 saturated heterocycles. The Kier molecular flexibility index (Phi) is 8.14. The van der Waals surface area contributed by atoms with E-state index in [1.807, 2.05) is 6.92 Å². The van der Waals surface area contributed by atoms with Crippen molar-refractivity contribution >= 4 is 0 Å². The van der Waals surface area contributed by atoms with Crippen molar-refractivity contribution in [1.29, 1.82) is 0 Å². The molecule has 0 aliphatic carbocycles. The van der Waals surface area contributed by atoms with E-state index in [4.69, 9.17) is 0 Å². The van der Waals surface area contributed by atoms with E-state index in [1.165, 1.54) is 0 Å². The van der Waals surface area contributed by atoms with Gasteiger partial charge in [0.1, 0.15) is 0 Å². The van der Waals surface area contributed by atoms with Crippen molar-refractivity contribution in [2.75, 3.05) is 0 Å². The van der Waals surface area contributed by atoms with Gasteiger partial charge in [-0.3, -0.25) is 0 Å². The minimum Gasteiger partial charge on any atom is -0.582 e. The topological polar surface area (TPSA) is 27.0 Å². The summed E-state index contributed by atoms with van der Waals surface area (Å²) < 4.78 is 0. The van der Waals surface area contributed by atoms with Gasteiger partial charge >= 0.3 is 0 Å². The molecular weight excluding hydrogens is 444 g/mol. The van der Waals surface area contributed by atoms with Crippen LogP contribution in [0.4, 0.5) is 0 Å². The molecule has 2 nitrogen and oxygen atoms in total. The van der Waals surface area contributed by atoms with E-state index in [9.17, 15) is 0 Å². The van der Waals surface area contributed by atoms with E-state index in [1.54, 1.807) is 12.4 Å². The minimum absolute atomic E-state index is 0. The molecule has 1 aromatic rings. The molecule has 1 aromatic heterocycles. The second kappa shape index (κ2) is 5.72. The van der Waals surface area contributed by atoms with Crippen LogP contribution in [-0.2, 0) is 42.1 Å². The molecule has 0 aliphatic rings. The molecule has 0 N–H and O–H groups in total. The summed E-state index contributed by atoms with van der Waals surface area (Å²) in [5, 5.41) is 7.14. The third-order valence-electron chi connectivity index (χ3n) is 0.589. The van der Waals surface area contributed by atoms with E-state index in [-0.39, 0.29) is 42.1 Å². The van der Waals surface area contributed by atoms with Crippen LogP contribution in [0.2, 0.25) is 0 Å². The first-order chi connectivity index (χ1) is 2.89. The summed E-state index contributed by atoms with van der Waals surface area (Å²) in [5.74, 6) is 0. The van der Waals surface area contributed by atoms with Crippen LogP contribution in [0.15, 0.2) is 12.4 Å². The number of rotatable bonds is 0. The smallest absolute Gasteiger partial charge is 0.00489 e. The van der Waals surface area contributed by atoms with Gasteiger partial charge in [-0.05, 0) is 6.92 Å². The Bertz CT molecular complexity index is 116. The first kappa shape index (κ1) is 11.4. The van der Waals surface area contributed by atoms with Gasteiger partial charge < -0.3 is 10.2 Å². The summed E-state index contributed by atoms with van der Waals surface area (Å²) in [7, 11) is 0. The summed E-state index contributed by atoms with van der Waals surface area (Å²) in [5.41, 5.74) is 1.12. The second-order valence-corrected chi connectivity index (χ2v) is 1.23. The van der Waals surface area contributed by atoms with Crippen LogP contribution in [0.5, 0.6) is 0 Å². The van der Waals surface area contributed by atoms with Gasteiger partial charge in [0.05, 0.1) is 0 Å². The normalized spacial score (nSPS) is 6.62. The summed E-state index contributed by atoms with van der Waals surface area (Å²) in [6, 6.07) is 0. The fourth-order valence-corrected chi connectivity index (χ4v) is 0.282. The molecular formula is C4H5N2W2-. The summed E-state index contributed by atoms with van der Waals surface area (Å²) >= 11 is 0. The Morgan fingerprint density at radius 1 is 1.50 bits per heavy atom. The van der Waals surface area contributed by atoms with E-state index in [0.717, 1.165) is 5.56 Å². The van der Waals surface area contributed by atoms with Crippen molar-refractivity contribution in [2.45, 2.75) is 6.92 Å². The van der Waals surface area contributed by atoms with Crippen LogP contribution in [0.1, 0.15) is 5.56 Å². The minimum atomic E-state index is 0. The molecule has 0 spiro atoms. The number of aromatic nitrogens is 2. The number of nitrogens with zero attached hydrogens (tertiary/aromatic N) is 2. The molecule has 0 unspecified atom stereocenters. The van der Waals surface area contributed by atoms with Crippen molar-refractivity contribution in [3.05, 3.63) is 18.0 Å². The van der Waals surface area contributed by atoms with E-state index < -0.39 is 0 Å². The molecule has 0 radical (unpaired) electrons. The summed E-state index contributed by atoms with van der Waals surface area (Å²) in [6.45, 7) is 1.96. The SMILES string of the molecule is Cc1cn[n-]c1.[W].[W]. The van der Waals surface area contributed by atoms with Crippen molar-refractivity contribution in [2.24, 2.45) is 0 Å². The average molecular weight is 449 g/mol. The number of hydrogen-bond acceptors (Lipinski definition) is 1. The van der Waals surface area contributed by atoms with Gasteiger partial charge in [0.2, 0.25) is 0 Å². The maximum Gasteiger partial charge on any atom is 0.00489 e. The largest absolute Gasteiger partial charge is 0.582 e. The molecule has 0 saturated carbocycles. The Morgan fingerprint density at radius 3 is 2.25 bits per heavy atom. The molecule has 1 heterocycles. The van der Waals surface area contributed by atoms with Crippen LogP contribution in [0.3, 0.4) is 0 Å². The number of aryl methyl sites for hydroxylation is 1. The fraction of sp³-hybridized carbons (Fsp3) is 0.250. The summed E-state index contributed by atoms with van der Waals surface area (Å²) in [6.07, 6.45) is 3.44. The Balaban J connectivity index is 0. The predicted molar refractivity (Wildman–Crippen MR) is 22.3 cm³/mol. The van der Waals surface area contributed by atoms with Crippen LogP contribution in [0.25, 0.3) is 0 Å². The first-order valence-electron chi connectivity index (χ1n) is 1.79. The molecule has 0 fully saturated rings. The standard InChI is InChI=1S/C4H5N2.2W/c1-4-2-5-6-3-4;;/h2-3H,1H3;;/q-1;;. The zero-order valence-corrected chi connectivity index (χ0v) is 10.2.